The first-order valence-corrected chi connectivity index (χ1v) is 13.9. The van der Waals surface area contributed by atoms with E-state index in [1.54, 1.807) is 4.90 Å². The summed E-state index contributed by atoms with van der Waals surface area (Å²) in [7, 11) is 0. The largest absolute Gasteiger partial charge is 0.394 e. The molecule has 33 heavy (non-hydrogen) atoms. The van der Waals surface area contributed by atoms with Crippen LogP contribution >= 0.6 is 0 Å². The molecule has 1 amide bonds. The summed E-state index contributed by atoms with van der Waals surface area (Å²) in [4.78, 5) is 14.3. The highest BCUT2D eigenvalue weighted by Crippen LogP contribution is 2.24. The highest BCUT2D eigenvalue weighted by molar-refractivity contribution is 5.98. The number of carbonyl (C=O) groups is 1. The maximum absolute atomic E-state index is 12.5. The Kier molecular flexibility index (Phi) is 15.2. The van der Waals surface area contributed by atoms with E-state index in [2.05, 4.69) is 6.92 Å². The van der Waals surface area contributed by atoms with Crippen LogP contribution in [0.15, 0.2) is 24.3 Å². The Balaban J connectivity index is 1.36. The minimum absolute atomic E-state index is 0.00987. The van der Waals surface area contributed by atoms with Crippen LogP contribution in [0.4, 0.5) is 0 Å². The number of rotatable bonds is 21. The van der Waals surface area contributed by atoms with Crippen molar-refractivity contribution in [1.29, 1.82) is 0 Å². The number of nitrogens with zero attached hydrogens (tertiary/aromatic N) is 1. The molecule has 1 aliphatic rings. The zero-order valence-corrected chi connectivity index (χ0v) is 21.2. The van der Waals surface area contributed by atoms with Gasteiger partial charge in [-0.1, -0.05) is 121 Å². The fraction of sp³-hybridized carbons (Fsp3) is 0.759. The first kappa shape index (κ1) is 27.9. The minimum Gasteiger partial charge on any atom is -0.394 e. The fourth-order valence-corrected chi connectivity index (χ4v) is 4.78. The lowest BCUT2D eigenvalue weighted by atomic mass is 10.0. The predicted octanol–water partition coefficient (Wildman–Crippen LogP) is 7.28. The molecular formula is C29H49NO3. The second kappa shape index (κ2) is 18.0. The number of amides is 1. The van der Waals surface area contributed by atoms with Gasteiger partial charge in [-0.3, -0.25) is 4.79 Å². The third-order valence-corrected chi connectivity index (χ3v) is 6.95. The third kappa shape index (κ3) is 11.1. The monoisotopic (exact) mass is 459 g/mol. The van der Waals surface area contributed by atoms with Crippen molar-refractivity contribution in [2.75, 3.05) is 19.8 Å². The Labute approximate surface area is 203 Å². The van der Waals surface area contributed by atoms with Crippen molar-refractivity contribution in [3.05, 3.63) is 35.4 Å². The van der Waals surface area contributed by atoms with Crippen molar-refractivity contribution in [2.45, 2.75) is 122 Å². The normalized spacial score (nSPS) is 14.1. The molecule has 1 aliphatic heterocycles. The molecule has 188 valence electrons. The topological polar surface area (TPSA) is 49.8 Å². The maximum Gasteiger partial charge on any atom is 0.254 e. The molecule has 0 spiro atoms. The van der Waals surface area contributed by atoms with Crippen LogP contribution in [-0.4, -0.2) is 41.8 Å². The van der Waals surface area contributed by atoms with Crippen molar-refractivity contribution in [3.63, 3.8) is 0 Å². The SMILES string of the molecule is CCCCCCCCCCCCCCCCCCOC[C@H](CO)N1Cc2ccccc2C1=O. The van der Waals surface area contributed by atoms with Gasteiger partial charge >= 0.3 is 0 Å². The van der Waals surface area contributed by atoms with Crippen molar-refractivity contribution in [3.8, 4) is 0 Å². The van der Waals surface area contributed by atoms with Crippen LogP contribution in [-0.2, 0) is 11.3 Å². The van der Waals surface area contributed by atoms with Gasteiger partial charge in [-0.15, -0.1) is 0 Å². The van der Waals surface area contributed by atoms with Crippen LogP contribution < -0.4 is 0 Å². The number of hydrogen-bond donors (Lipinski definition) is 1. The van der Waals surface area contributed by atoms with Crippen molar-refractivity contribution in [1.82, 2.24) is 4.90 Å². The zero-order valence-electron chi connectivity index (χ0n) is 21.2. The Hall–Kier alpha value is -1.39. The third-order valence-electron chi connectivity index (χ3n) is 6.95. The molecular weight excluding hydrogens is 410 g/mol. The summed E-state index contributed by atoms with van der Waals surface area (Å²) >= 11 is 0. The van der Waals surface area contributed by atoms with E-state index in [4.69, 9.17) is 4.74 Å². The summed E-state index contributed by atoms with van der Waals surface area (Å²) in [5.74, 6) is 0.00987. The van der Waals surface area contributed by atoms with E-state index in [0.29, 0.717) is 19.8 Å². The van der Waals surface area contributed by atoms with Gasteiger partial charge in [0, 0.05) is 18.7 Å². The summed E-state index contributed by atoms with van der Waals surface area (Å²) in [6.45, 7) is 3.92. The van der Waals surface area contributed by atoms with Crippen molar-refractivity contribution >= 4 is 5.91 Å². The van der Waals surface area contributed by atoms with Crippen LogP contribution in [0.25, 0.3) is 0 Å². The van der Waals surface area contributed by atoms with Gasteiger partial charge in [0.15, 0.2) is 0 Å². The average Bonchev–Trinajstić information content (AvgIpc) is 3.17. The number of aliphatic hydroxyl groups excluding tert-OH is 1. The average molecular weight is 460 g/mol. The van der Waals surface area contributed by atoms with E-state index in [1.807, 2.05) is 24.3 Å². The van der Waals surface area contributed by atoms with Crippen LogP contribution in [0.1, 0.15) is 126 Å². The van der Waals surface area contributed by atoms with Crippen molar-refractivity contribution in [2.24, 2.45) is 0 Å². The molecule has 4 heteroatoms. The number of carbonyl (C=O) groups excluding carboxylic acids is 1. The molecule has 2 rings (SSSR count). The van der Waals surface area contributed by atoms with E-state index < -0.39 is 0 Å². The van der Waals surface area contributed by atoms with Crippen LogP contribution in [0.5, 0.6) is 0 Å². The van der Waals surface area contributed by atoms with Gasteiger partial charge in [0.1, 0.15) is 0 Å². The lowest BCUT2D eigenvalue weighted by Gasteiger charge is -2.26. The Bertz CT molecular complexity index is 633. The lowest BCUT2D eigenvalue weighted by Crippen LogP contribution is -2.41. The molecule has 1 N–H and O–H groups in total. The number of fused-ring (bicyclic) bond motifs is 1. The van der Waals surface area contributed by atoms with Gasteiger partial charge in [0.05, 0.1) is 19.3 Å². The van der Waals surface area contributed by atoms with Crippen LogP contribution in [0.2, 0.25) is 0 Å². The van der Waals surface area contributed by atoms with Crippen LogP contribution in [0, 0.1) is 0 Å². The Morgan fingerprint density at radius 3 is 1.85 bits per heavy atom. The van der Waals surface area contributed by atoms with E-state index in [1.165, 1.54) is 96.3 Å². The van der Waals surface area contributed by atoms with Gasteiger partial charge in [-0.05, 0) is 18.1 Å². The van der Waals surface area contributed by atoms with Gasteiger partial charge in [-0.2, -0.15) is 0 Å². The van der Waals surface area contributed by atoms with Gasteiger partial charge in [0.25, 0.3) is 5.91 Å². The molecule has 0 fully saturated rings. The molecule has 0 saturated heterocycles. The number of unbranched alkanes of at least 4 members (excludes halogenated alkanes) is 15. The first-order valence-electron chi connectivity index (χ1n) is 13.9. The molecule has 0 unspecified atom stereocenters. The molecule has 0 radical (unpaired) electrons. The summed E-state index contributed by atoms with van der Waals surface area (Å²) in [5.41, 5.74) is 1.80. The quantitative estimate of drug-likeness (QED) is 0.196. The number of hydrogen-bond acceptors (Lipinski definition) is 3. The second-order valence-corrected chi connectivity index (χ2v) is 9.80. The van der Waals surface area contributed by atoms with Crippen LogP contribution in [0.3, 0.4) is 0 Å². The minimum atomic E-state index is -0.258. The molecule has 0 bridgehead atoms. The standard InChI is InChI=1S/C29H49NO3/c1-2-3-4-5-6-7-8-9-10-11-12-13-14-15-16-19-22-33-25-27(24-31)30-23-26-20-17-18-21-28(26)29(30)32/h17-18,20-21,27,31H,2-16,19,22-25H2,1H3/t27-/m0/s1. The molecule has 0 saturated carbocycles. The molecule has 1 atom stereocenters. The van der Waals surface area contributed by atoms with Gasteiger partial charge < -0.3 is 14.7 Å². The lowest BCUT2D eigenvalue weighted by molar-refractivity contribution is 0.0262. The van der Waals surface area contributed by atoms with Crippen molar-refractivity contribution < 1.29 is 14.6 Å². The van der Waals surface area contributed by atoms with Gasteiger partial charge in [-0.25, -0.2) is 0 Å². The Morgan fingerprint density at radius 1 is 0.818 bits per heavy atom. The highest BCUT2D eigenvalue weighted by Gasteiger charge is 2.32. The number of benzene rings is 1. The van der Waals surface area contributed by atoms with E-state index in [-0.39, 0.29) is 18.6 Å². The second-order valence-electron chi connectivity index (χ2n) is 9.80. The summed E-state index contributed by atoms with van der Waals surface area (Å²) in [5, 5.41) is 9.75. The zero-order chi connectivity index (χ0) is 23.6. The maximum atomic E-state index is 12.5. The first-order chi connectivity index (χ1) is 16.3. The van der Waals surface area contributed by atoms with E-state index in [0.717, 1.165) is 17.5 Å². The summed E-state index contributed by atoms with van der Waals surface area (Å²) < 4.78 is 5.81. The molecule has 1 aromatic rings. The number of aliphatic hydroxyl groups is 1. The number of ether oxygens (including phenoxy) is 1. The molecule has 4 nitrogen and oxygen atoms in total. The molecule has 0 aromatic heterocycles. The predicted molar refractivity (Wildman–Crippen MR) is 138 cm³/mol. The fourth-order valence-electron chi connectivity index (χ4n) is 4.78. The van der Waals surface area contributed by atoms with E-state index in [9.17, 15) is 9.90 Å². The Morgan fingerprint density at radius 2 is 1.33 bits per heavy atom. The smallest absolute Gasteiger partial charge is 0.254 e. The van der Waals surface area contributed by atoms with Gasteiger partial charge in [0.2, 0.25) is 0 Å². The van der Waals surface area contributed by atoms with E-state index >= 15 is 0 Å². The highest BCUT2D eigenvalue weighted by atomic mass is 16.5. The summed E-state index contributed by atoms with van der Waals surface area (Å²) in [6.07, 6.45) is 21.8. The summed E-state index contributed by atoms with van der Waals surface area (Å²) in [6, 6.07) is 7.44. The molecule has 0 aliphatic carbocycles. The molecule has 1 heterocycles. The molecule has 1 aromatic carbocycles.